The van der Waals surface area contributed by atoms with Crippen molar-refractivity contribution in [2.75, 3.05) is 11.0 Å². The number of amides is 1. The van der Waals surface area contributed by atoms with Gasteiger partial charge in [-0.2, -0.15) is 0 Å². The number of rotatable bonds is 6. The normalized spacial score (nSPS) is 12.5. The summed E-state index contributed by atoms with van der Waals surface area (Å²) in [5, 5.41) is 0. The molecule has 1 amide bonds. The number of alkyl halides is 1. The Morgan fingerprint density at radius 2 is 2.33 bits per heavy atom. The van der Waals surface area contributed by atoms with Crippen LogP contribution in [-0.2, 0) is 4.74 Å². The van der Waals surface area contributed by atoms with Gasteiger partial charge in [-0.3, -0.25) is 0 Å². The molecule has 0 rings (SSSR count). The highest BCUT2D eigenvalue weighted by molar-refractivity contribution is 14.1. The molecule has 0 aliphatic carbocycles. The van der Waals surface area contributed by atoms with Gasteiger partial charge in [0.25, 0.3) is 0 Å². The fourth-order valence-electron chi connectivity index (χ4n) is 0.971. The number of hydrogen-bond donors (Lipinski definition) is 1. The summed E-state index contributed by atoms with van der Waals surface area (Å²) < 4.78 is 5.89. The van der Waals surface area contributed by atoms with Crippen molar-refractivity contribution in [3.05, 3.63) is 0 Å². The molecule has 0 aliphatic heterocycles. The van der Waals surface area contributed by atoms with Gasteiger partial charge in [0, 0.05) is 0 Å². The molecule has 72 valence electrons. The Kier molecular flexibility index (Phi) is 7.64. The molecular formula is C8H16INO2. The zero-order chi connectivity index (χ0) is 9.40. The molecule has 0 aliphatic rings. The number of carbonyl (C=O) groups is 1. The van der Waals surface area contributed by atoms with Crippen molar-refractivity contribution in [2.24, 2.45) is 11.7 Å². The van der Waals surface area contributed by atoms with Gasteiger partial charge in [0.15, 0.2) is 0 Å². The number of hydrogen-bond acceptors (Lipinski definition) is 2. The lowest BCUT2D eigenvalue weighted by Gasteiger charge is -2.12. The summed E-state index contributed by atoms with van der Waals surface area (Å²) in [6.07, 6.45) is 2.68. The van der Waals surface area contributed by atoms with Crippen molar-refractivity contribution in [1.29, 1.82) is 0 Å². The van der Waals surface area contributed by atoms with E-state index in [0.717, 1.165) is 17.3 Å². The molecule has 0 spiro atoms. The lowest BCUT2D eigenvalue weighted by Crippen LogP contribution is -2.18. The van der Waals surface area contributed by atoms with Crippen LogP contribution in [0.15, 0.2) is 0 Å². The van der Waals surface area contributed by atoms with Gasteiger partial charge < -0.3 is 10.5 Å². The molecule has 12 heavy (non-hydrogen) atoms. The molecule has 0 aromatic heterocycles. The summed E-state index contributed by atoms with van der Waals surface area (Å²) in [4.78, 5) is 10.3. The number of halogens is 1. The number of carbonyl (C=O) groups excluding carboxylic acids is 1. The van der Waals surface area contributed by atoms with Crippen LogP contribution in [0.25, 0.3) is 0 Å². The van der Waals surface area contributed by atoms with E-state index in [1.165, 1.54) is 6.42 Å². The second kappa shape index (κ2) is 7.64. The summed E-state index contributed by atoms with van der Waals surface area (Å²) in [5.74, 6) is 0.479. The van der Waals surface area contributed by atoms with Gasteiger partial charge in [-0.05, 0) is 23.2 Å². The van der Waals surface area contributed by atoms with Gasteiger partial charge in [-0.1, -0.05) is 35.9 Å². The molecule has 0 saturated carbocycles. The first-order chi connectivity index (χ1) is 5.70. The average molecular weight is 285 g/mol. The maximum atomic E-state index is 10.3. The minimum atomic E-state index is -0.664. The topological polar surface area (TPSA) is 52.3 Å². The summed E-state index contributed by atoms with van der Waals surface area (Å²) in [7, 11) is 0. The van der Waals surface area contributed by atoms with Crippen molar-refractivity contribution in [2.45, 2.75) is 26.2 Å². The van der Waals surface area contributed by atoms with Crippen LogP contribution in [-0.4, -0.2) is 17.1 Å². The molecule has 1 atom stereocenters. The van der Waals surface area contributed by atoms with E-state index in [1.807, 2.05) is 0 Å². The molecule has 0 bridgehead atoms. The van der Waals surface area contributed by atoms with Crippen molar-refractivity contribution in [1.82, 2.24) is 0 Å². The van der Waals surface area contributed by atoms with E-state index in [1.54, 1.807) is 0 Å². The molecule has 0 heterocycles. The minimum Gasteiger partial charge on any atom is -0.449 e. The van der Waals surface area contributed by atoms with E-state index in [4.69, 9.17) is 10.5 Å². The Morgan fingerprint density at radius 3 is 2.75 bits per heavy atom. The van der Waals surface area contributed by atoms with Gasteiger partial charge in [-0.15, -0.1) is 0 Å². The largest absolute Gasteiger partial charge is 0.449 e. The summed E-state index contributed by atoms with van der Waals surface area (Å²) in [6, 6.07) is 0. The number of ether oxygens (including phenoxy) is 1. The van der Waals surface area contributed by atoms with Crippen LogP contribution in [0.1, 0.15) is 26.2 Å². The highest BCUT2D eigenvalue weighted by Crippen LogP contribution is 2.12. The Labute approximate surface area is 87.2 Å². The molecule has 0 aromatic rings. The first kappa shape index (κ1) is 12.0. The lowest BCUT2D eigenvalue weighted by molar-refractivity contribution is 0.132. The molecule has 0 radical (unpaired) electrons. The van der Waals surface area contributed by atoms with Crippen molar-refractivity contribution < 1.29 is 9.53 Å². The summed E-state index contributed by atoms with van der Waals surface area (Å²) >= 11 is 2.35. The van der Waals surface area contributed by atoms with E-state index < -0.39 is 6.09 Å². The zero-order valence-electron chi connectivity index (χ0n) is 7.38. The van der Waals surface area contributed by atoms with Gasteiger partial charge >= 0.3 is 6.09 Å². The smallest absolute Gasteiger partial charge is 0.404 e. The third-order valence-electron chi connectivity index (χ3n) is 1.78. The molecule has 2 N–H and O–H groups in total. The maximum Gasteiger partial charge on any atom is 0.404 e. The molecule has 1 unspecified atom stereocenters. The average Bonchev–Trinajstić information content (AvgIpc) is 2.05. The van der Waals surface area contributed by atoms with Gasteiger partial charge in [0.1, 0.15) is 0 Å². The van der Waals surface area contributed by atoms with E-state index in [2.05, 4.69) is 29.5 Å². The molecule has 0 saturated heterocycles. The SMILES string of the molecule is CCC(CCCI)COC(N)=O. The van der Waals surface area contributed by atoms with Crippen LogP contribution in [0.5, 0.6) is 0 Å². The van der Waals surface area contributed by atoms with Gasteiger partial charge in [-0.25, -0.2) is 4.79 Å². The highest BCUT2D eigenvalue weighted by atomic mass is 127. The van der Waals surface area contributed by atoms with Crippen LogP contribution < -0.4 is 5.73 Å². The first-order valence-corrected chi connectivity index (χ1v) is 5.71. The monoisotopic (exact) mass is 285 g/mol. The van der Waals surface area contributed by atoms with Crippen LogP contribution >= 0.6 is 22.6 Å². The Balaban J connectivity index is 3.45. The number of primary amides is 1. The Bertz CT molecular complexity index is 130. The predicted octanol–water partition coefficient (Wildman–Crippen LogP) is 2.32. The molecule has 0 aromatic carbocycles. The van der Waals surface area contributed by atoms with E-state index in [9.17, 15) is 4.79 Å². The fourth-order valence-corrected chi connectivity index (χ4v) is 1.41. The van der Waals surface area contributed by atoms with Crippen LogP contribution in [0, 0.1) is 5.92 Å². The Morgan fingerprint density at radius 1 is 1.67 bits per heavy atom. The lowest BCUT2D eigenvalue weighted by atomic mass is 10.0. The minimum absolute atomic E-state index is 0.475. The van der Waals surface area contributed by atoms with Crippen molar-refractivity contribution in [3.63, 3.8) is 0 Å². The van der Waals surface area contributed by atoms with Gasteiger partial charge in [0.05, 0.1) is 6.61 Å². The van der Waals surface area contributed by atoms with E-state index >= 15 is 0 Å². The molecule has 3 nitrogen and oxygen atoms in total. The standard InChI is InChI=1S/C8H16INO2/c1-2-7(4-3-5-9)6-12-8(10)11/h7H,2-6H2,1H3,(H2,10,11). The molecule has 4 heteroatoms. The Hall–Kier alpha value is 0. The van der Waals surface area contributed by atoms with Gasteiger partial charge in [0.2, 0.25) is 0 Å². The van der Waals surface area contributed by atoms with E-state index in [-0.39, 0.29) is 0 Å². The summed E-state index contributed by atoms with van der Waals surface area (Å²) in [5.41, 5.74) is 4.86. The van der Waals surface area contributed by atoms with E-state index in [0.29, 0.717) is 12.5 Å². The zero-order valence-corrected chi connectivity index (χ0v) is 9.54. The molecule has 0 fully saturated rings. The predicted molar refractivity (Wildman–Crippen MR) is 57.4 cm³/mol. The quantitative estimate of drug-likeness (QED) is 0.601. The highest BCUT2D eigenvalue weighted by Gasteiger charge is 2.07. The first-order valence-electron chi connectivity index (χ1n) is 4.18. The summed E-state index contributed by atoms with van der Waals surface area (Å²) in [6.45, 7) is 2.57. The number of nitrogens with two attached hydrogens (primary N) is 1. The van der Waals surface area contributed by atoms with Crippen LogP contribution in [0.4, 0.5) is 4.79 Å². The fraction of sp³-hybridized carbons (Fsp3) is 0.875. The van der Waals surface area contributed by atoms with Crippen LogP contribution in [0.2, 0.25) is 0 Å². The third kappa shape index (κ3) is 6.69. The third-order valence-corrected chi connectivity index (χ3v) is 2.55. The molecular weight excluding hydrogens is 269 g/mol. The van der Waals surface area contributed by atoms with Crippen LogP contribution in [0.3, 0.4) is 0 Å². The second-order valence-corrected chi connectivity index (χ2v) is 3.81. The van der Waals surface area contributed by atoms with Crippen molar-refractivity contribution >= 4 is 28.7 Å². The second-order valence-electron chi connectivity index (χ2n) is 2.74. The maximum absolute atomic E-state index is 10.3. The van der Waals surface area contributed by atoms with Crippen molar-refractivity contribution in [3.8, 4) is 0 Å².